The summed E-state index contributed by atoms with van der Waals surface area (Å²) >= 11 is 6.48. The molecule has 1 aromatic heterocycles. The van der Waals surface area contributed by atoms with E-state index < -0.39 is 34.4 Å². The largest absolute Gasteiger partial charge is 0.477 e. The molecule has 0 radical (unpaired) electrons. The Kier molecular flexibility index (Phi) is 4.74. The SMILES string of the molecule is C[C@H]1[C@H](N)CN1c1c(F)cc2c(=O)c(C(=O)O)cn(-c3ccc(F)cc3F)c2c1Cl. The van der Waals surface area contributed by atoms with Crippen molar-refractivity contribution in [3.05, 3.63) is 68.7 Å². The lowest BCUT2D eigenvalue weighted by Crippen LogP contribution is -2.63. The normalized spacial score (nSPS) is 18.5. The molecule has 0 amide bonds. The zero-order valence-corrected chi connectivity index (χ0v) is 16.3. The fourth-order valence-corrected chi connectivity index (χ4v) is 4.01. The van der Waals surface area contributed by atoms with Gasteiger partial charge >= 0.3 is 5.97 Å². The van der Waals surface area contributed by atoms with Crippen LogP contribution in [0.3, 0.4) is 0 Å². The van der Waals surface area contributed by atoms with Crippen LogP contribution in [0.5, 0.6) is 0 Å². The van der Waals surface area contributed by atoms with Gasteiger partial charge in [-0.2, -0.15) is 0 Å². The number of aromatic nitrogens is 1. The van der Waals surface area contributed by atoms with Crippen LogP contribution in [0.25, 0.3) is 16.6 Å². The Hall–Kier alpha value is -3.04. The summed E-state index contributed by atoms with van der Waals surface area (Å²) < 4.78 is 43.9. The molecule has 10 heteroatoms. The summed E-state index contributed by atoms with van der Waals surface area (Å²) in [5, 5.41) is 8.83. The van der Waals surface area contributed by atoms with Gasteiger partial charge in [0.05, 0.1) is 27.3 Å². The number of fused-ring (bicyclic) bond motifs is 1. The first-order chi connectivity index (χ1) is 14.1. The maximum atomic E-state index is 14.9. The number of carboxylic acid groups (broad SMARTS) is 1. The molecular formula is C20H15ClF3N3O3. The van der Waals surface area contributed by atoms with Crippen molar-refractivity contribution >= 4 is 34.2 Å². The molecule has 1 fully saturated rings. The number of pyridine rings is 1. The van der Waals surface area contributed by atoms with E-state index in [1.807, 2.05) is 0 Å². The molecular weight excluding hydrogens is 423 g/mol. The van der Waals surface area contributed by atoms with Crippen LogP contribution in [0, 0.1) is 17.5 Å². The number of carbonyl (C=O) groups is 1. The third kappa shape index (κ3) is 2.93. The topological polar surface area (TPSA) is 88.6 Å². The molecule has 0 saturated carbocycles. The quantitative estimate of drug-likeness (QED) is 0.656. The number of nitrogens with zero attached hydrogens (tertiary/aromatic N) is 2. The van der Waals surface area contributed by atoms with E-state index in [2.05, 4.69) is 0 Å². The van der Waals surface area contributed by atoms with Gasteiger partial charge in [-0.25, -0.2) is 18.0 Å². The Morgan fingerprint density at radius 2 is 1.93 bits per heavy atom. The van der Waals surface area contributed by atoms with Gasteiger partial charge in [-0.1, -0.05) is 11.6 Å². The number of nitrogens with two attached hydrogens (primary N) is 1. The number of aromatic carboxylic acids is 1. The van der Waals surface area contributed by atoms with Crippen LogP contribution in [0.15, 0.2) is 35.3 Å². The molecule has 0 bridgehead atoms. The molecule has 2 heterocycles. The number of carboxylic acids is 1. The number of hydrogen-bond acceptors (Lipinski definition) is 4. The zero-order valence-electron chi connectivity index (χ0n) is 15.5. The molecule has 1 saturated heterocycles. The van der Waals surface area contributed by atoms with Gasteiger partial charge in [-0.3, -0.25) is 4.79 Å². The van der Waals surface area contributed by atoms with Crippen LogP contribution in [0.4, 0.5) is 18.9 Å². The molecule has 6 nitrogen and oxygen atoms in total. The van der Waals surface area contributed by atoms with Crippen LogP contribution in [-0.4, -0.2) is 34.3 Å². The van der Waals surface area contributed by atoms with E-state index in [0.717, 1.165) is 29.0 Å². The van der Waals surface area contributed by atoms with Gasteiger partial charge in [-0.15, -0.1) is 0 Å². The second-order valence-corrected chi connectivity index (χ2v) is 7.49. The summed E-state index contributed by atoms with van der Waals surface area (Å²) in [6, 6.07) is 3.08. The first-order valence-corrected chi connectivity index (χ1v) is 9.28. The average Bonchev–Trinajstić information content (AvgIpc) is 2.68. The molecule has 3 aromatic rings. The Balaban J connectivity index is 2.12. The lowest BCUT2D eigenvalue weighted by Gasteiger charge is -2.46. The predicted octanol–water partition coefficient (Wildman–Crippen LogP) is 3.30. The Morgan fingerprint density at radius 1 is 1.23 bits per heavy atom. The monoisotopic (exact) mass is 437 g/mol. The second kappa shape index (κ2) is 7.03. The van der Waals surface area contributed by atoms with Gasteiger partial charge in [-0.05, 0) is 25.1 Å². The van der Waals surface area contributed by atoms with Crippen molar-refractivity contribution in [1.29, 1.82) is 0 Å². The maximum Gasteiger partial charge on any atom is 0.341 e. The van der Waals surface area contributed by atoms with Crippen LogP contribution < -0.4 is 16.1 Å². The second-order valence-electron chi connectivity index (χ2n) is 7.12. The molecule has 3 N–H and O–H groups in total. The maximum absolute atomic E-state index is 14.9. The highest BCUT2D eigenvalue weighted by atomic mass is 35.5. The smallest absolute Gasteiger partial charge is 0.341 e. The molecule has 4 rings (SSSR count). The predicted molar refractivity (Wildman–Crippen MR) is 106 cm³/mol. The standard InChI is InChI=1S/C20H15ClF3N3O3/c1-8-14(25)7-26(8)18-13(24)5-10-17(16(18)21)27(6-11(19(10)28)20(29)30)15-3-2-9(22)4-12(15)23/h2-6,8,14H,7,25H2,1H3,(H,29,30)/t8-,14+/m0/s1. The zero-order chi connectivity index (χ0) is 21.9. The highest BCUT2D eigenvalue weighted by molar-refractivity contribution is 6.38. The number of halogens is 4. The van der Waals surface area contributed by atoms with Crippen molar-refractivity contribution in [2.24, 2.45) is 5.73 Å². The summed E-state index contributed by atoms with van der Waals surface area (Å²) in [5.74, 6) is -4.28. The van der Waals surface area contributed by atoms with Crippen molar-refractivity contribution < 1.29 is 23.1 Å². The van der Waals surface area contributed by atoms with Crippen LogP contribution in [-0.2, 0) is 0 Å². The van der Waals surface area contributed by atoms with Gasteiger partial charge in [0.2, 0.25) is 5.43 Å². The van der Waals surface area contributed by atoms with Crippen molar-refractivity contribution in [3.63, 3.8) is 0 Å². The van der Waals surface area contributed by atoms with E-state index in [1.54, 1.807) is 11.8 Å². The number of rotatable bonds is 3. The fraction of sp³-hybridized carbons (Fsp3) is 0.200. The summed E-state index contributed by atoms with van der Waals surface area (Å²) in [6.07, 6.45) is 0.891. The molecule has 30 heavy (non-hydrogen) atoms. The minimum absolute atomic E-state index is 0.0305. The number of anilines is 1. The van der Waals surface area contributed by atoms with Gasteiger partial charge in [0.15, 0.2) is 0 Å². The summed E-state index contributed by atoms with van der Waals surface area (Å²) in [6.45, 7) is 2.08. The minimum Gasteiger partial charge on any atom is -0.477 e. The fourth-order valence-electron chi connectivity index (χ4n) is 3.62. The molecule has 156 valence electrons. The van der Waals surface area contributed by atoms with Gasteiger partial charge in [0, 0.05) is 30.9 Å². The first-order valence-electron chi connectivity index (χ1n) is 8.90. The average molecular weight is 438 g/mol. The molecule has 2 aromatic carbocycles. The van der Waals surface area contributed by atoms with E-state index in [0.29, 0.717) is 12.6 Å². The Labute approximate surface area is 172 Å². The van der Waals surface area contributed by atoms with Crippen molar-refractivity contribution in [1.82, 2.24) is 4.57 Å². The highest BCUT2D eigenvalue weighted by Crippen LogP contribution is 2.40. The van der Waals surface area contributed by atoms with Gasteiger partial charge in [0.25, 0.3) is 0 Å². The lowest BCUT2D eigenvalue weighted by molar-refractivity contribution is 0.0695. The highest BCUT2D eigenvalue weighted by Gasteiger charge is 2.36. The van der Waals surface area contributed by atoms with Crippen LogP contribution >= 0.6 is 11.6 Å². The number of hydrogen-bond donors (Lipinski definition) is 2. The Morgan fingerprint density at radius 3 is 2.50 bits per heavy atom. The van der Waals surface area contributed by atoms with E-state index in [-0.39, 0.29) is 39.4 Å². The Bertz CT molecular complexity index is 1280. The third-order valence-electron chi connectivity index (χ3n) is 5.36. The molecule has 1 aliphatic heterocycles. The van der Waals surface area contributed by atoms with E-state index in [1.165, 1.54) is 0 Å². The van der Waals surface area contributed by atoms with Crippen molar-refractivity contribution in [3.8, 4) is 5.69 Å². The summed E-state index contributed by atoms with van der Waals surface area (Å²) in [5.41, 5.74) is 3.81. The molecule has 2 atom stereocenters. The van der Waals surface area contributed by atoms with Crippen molar-refractivity contribution in [2.75, 3.05) is 11.4 Å². The van der Waals surface area contributed by atoms with Gasteiger partial charge in [0.1, 0.15) is 23.0 Å². The lowest BCUT2D eigenvalue weighted by atomic mass is 9.97. The molecule has 1 aliphatic rings. The molecule has 0 aliphatic carbocycles. The number of benzene rings is 2. The third-order valence-corrected chi connectivity index (χ3v) is 5.72. The van der Waals surface area contributed by atoms with Crippen LogP contribution in [0.2, 0.25) is 5.02 Å². The molecule has 0 unspecified atom stereocenters. The van der Waals surface area contributed by atoms with Crippen molar-refractivity contribution in [2.45, 2.75) is 19.0 Å². The van der Waals surface area contributed by atoms with E-state index in [9.17, 15) is 27.9 Å². The first kappa shape index (κ1) is 20.2. The minimum atomic E-state index is -1.58. The summed E-state index contributed by atoms with van der Waals surface area (Å²) in [4.78, 5) is 25.8. The van der Waals surface area contributed by atoms with E-state index in [4.69, 9.17) is 17.3 Å². The summed E-state index contributed by atoms with van der Waals surface area (Å²) in [7, 11) is 0. The van der Waals surface area contributed by atoms with E-state index >= 15 is 0 Å². The van der Waals surface area contributed by atoms with Crippen LogP contribution in [0.1, 0.15) is 17.3 Å². The van der Waals surface area contributed by atoms with Gasteiger partial charge < -0.3 is 20.3 Å². The molecule has 0 spiro atoms.